The zero-order valence-electron chi connectivity index (χ0n) is 13.2. The third-order valence-electron chi connectivity index (χ3n) is 3.54. The molecule has 2 aromatic heterocycles. The Morgan fingerprint density at radius 1 is 1.39 bits per heavy atom. The molecule has 23 heavy (non-hydrogen) atoms. The number of rotatable bonds is 8. The second kappa shape index (κ2) is 8.03. The number of hydrogen-bond donors (Lipinski definition) is 2. The maximum Gasteiger partial charge on any atom is 0.329 e. The number of aliphatic hydroxyl groups excluding tert-OH is 1. The standard InChI is InChI=1S/C14H21ClN4O3S/c1-3-4-5-6-19-10-11(18(2)13(22)17-12(10)21)16-14(19)23-8-9(20)7-15/h9,20H,3-8H2,1-2H3,(H,17,21,22). The van der Waals surface area contributed by atoms with Gasteiger partial charge < -0.3 is 9.67 Å². The lowest BCUT2D eigenvalue weighted by molar-refractivity contribution is 0.223. The summed E-state index contributed by atoms with van der Waals surface area (Å²) in [7, 11) is 1.58. The van der Waals surface area contributed by atoms with Gasteiger partial charge in [-0.15, -0.1) is 11.6 Å². The third kappa shape index (κ3) is 3.99. The van der Waals surface area contributed by atoms with Gasteiger partial charge in [-0.1, -0.05) is 31.5 Å². The number of alkyl halides is 1. The average molecular weight is 361 g/mol. The molecule has 0 aromatic carbocycles. The third-order valence-corrected chi connectivity index (χ3v) is 5.02. The highest BCUT2D eigenvalue weighted by molar-refractivity contribution is 7.99. The van der Waals surface area contributed by atoms with E-state index >= 15 is 0 Å². The summed E-state index contributed by atoms with van der Waals surface area (Å²) >= 11 is 6.96. The summed E-state index contributed by atoms with van der Waals surface area (Å²) in [6.45, 7) is 2.75. The molecule has 9 heteroatoms. The zero-order chi connectivity index (χ0) is 17.0. The molecule has 0 saturated carbocycles. The van der Waals surface area contributed by atoms with E-state index in [9.17, 15) is 14.7 Å². The van der Waals surface area contributed by atoms with Crippen LogP contribution in [0.2, 0.25) is 0 Å². The van der Waals surface area contributed by atoms with Gasteiger partial charge in [0.1, 0.15) is 0 Å². The molecule has 0 spiro atoms. The molecule has 2 N–H and O–H groups in total. The van der Waals surface area contributed by atoms with Gasteiger partial charge in [0.05, 0.1) is 6.10 Å². The lowest BCUT2D eigenvalue weighted by atomic mass is 10.2. The minimum absolute atomic E-state index is 0.141. The first-order valence-corrected chi connectivity index (χ1v) is 9.08. The zero-order valence-corrected chi connectivity index (χ0v) is 14.8. The van der Waals surface area contributed by atoms with Crippen LogP contribution in [0, 0.1) is 0 Å². The van der Waals surface area contributed by atoms with E-state index in [4.69, 9.17) is 11.6 Å². The van der Waals surface area contributed by atoms with Crippen LogP contribution in [0.4, 0.5) is 0 Å². The molecule has 1 atom stereocenters. The van der Waals surface area contributed by atoms with Crippen molar-refractivity contribution >= 4 is 34.5 Å². The molecule has 0 aliphatic heterocycles. The normalized spacial score (nSPS) is 12.9. The molecule has 0 fully saturated rings. The van der Waals surface area contributed by atoms with Gasteiger partial charge in [0.25, 0.3) is 5.56 Å². The lowest BCUT2D eigenvalue weighted by Crippen LogP contribution is -2.29. The summed E-state index contributed by atoms with van der Waals surface area (Å²) in [4.78, 5) is 30.7. The number of fused-ring (bicyclic) bond motifs is 1. The van der Waals surface area contributed by atoms with E-state index in [1.165, 1.54) is 16.3 Å². The first-order valence-electron chi connectivity index (χ1n) is 7.56. The van der Waals surface area contributed by atoms with E-state index in [-0.39, 0.29) is 5.88 Å². The van der Waals surface area contributed by atoms with Crippen molar-refractivity contribution in [2.75, 3.05) is 11.6 Å². The van der Waals surface area contributed by atoms with Crippen LogP contribution in [0.5, 0.6) is 0 Å². The van der Waals surface area contributed by atoms with Gasteiger partial charge in [-0.2, -0.15) is 0 Å². The molecule has 0 aliphatic rings. The smallest absolute Gasteiger partial charge is 0.329 e. The molecule has 0 radical (unpaired) electrons. The molecule has 0 saturated heterocycles. The topological polar surface area (TPSA) is 92.9 Å². The van der Waals surface area contributed by atoms with Crippen molar-refractivity contribution in [3.63, 3.8) is 0 Å². The summed E-state index contributed by atoms with van der Waals surface area (Å²) < 4.78 is 3.16. The Labute approximate surface area is 142 Å². The molecule has 2 aromatic rings. The number of aromatic nitrogens is 4. The van der Waals surface area contributed by atoms with E-state index in [2.05, 4.69) is 16.9 Å². The van der Waals surface area contributed by atoms with Crippen molar-refractivity contribution in [1.29, 1.82) is 0 Å². The van der Waals surface area contributed by atoms with Crippen LogP contribution < -0.4 is 11.2 Å². The second-order valence-electron chi connectivity index (χ2n) is 5.36. The Morgan fingerprint density at radius 3 is 2.78 bits per heavy atom. The maximum atomic E-state index is 12.2. The first-order chi connectivity index (χ1) is 11.0. The van der Waals surface area contributed by atoms with Gasteiger partial charge in [0, 0.05) is 25.2 Å². The molecule has 1 unspecified atom stereocenters. The molecule has 0 bridgehead atoms. The fraction of sp³-hybridized carbons (Fsp3) is 0.643. The van der Waals surface area contributed by atoms with E-state index < -0.39 is 17.4 Å². The number of unbranched alkanes of at least 4 members (excludes halogenated alkanes) is 2. The minimum Gasteiger partial charge on any atom is -0.391 e. The van der Waals surface area contributed by atoms with Gasteiger partial charge in [-0.3, -0.25) is 14.3 Å². The number of nitrogens with one attached hydrogen (secondary N) is 1. The van der Waals surface area contributed by atoms with Crippen molar-refractivity contribution in [3.8, 4) is 0 Å². The number of aromatic amines is 1. The second-order valence-corrected chi connectivity index (χ2v) is 6.66. The van der Waals surface area contributed by atoms with Gasteiger partial charge in [0.15, 0.2) is 16.3 Å². The van der Waals surface area contributed by atoms with Crippen LogP contribution in [0.25, 0.3) is 11.2 Å². The fourth-order valence-corrected chi connectivity index (χ4v) is 3.45. The van der Waals surface area contributed by atoms with Crippen molar-refractivity contribution in [3.05, 3.63) is 20.8 Å². The summed E-state index contributed by atoms with van der Waals surface area (Å²) in [5.74, 6) is 0.522. The number of aliphatic hydroxyl groups is 1. The van der Waals surface area contributed by atoms with Crippen LogP contribution in [0.3, 0.4) is 0 Å². The number of aryl methyl sites for hydroxylation is 2. The monoisotopic (exact) mass is 360 g/mol. The largest absolute Gasteiger partial charge is 0.391 e. The van der Waals surface area contributed by atoms with Crippen molar-refractivity contribution in [2.24, 2.45) is 7.05 Å². The molecular formula is C14H21ClN4O3S. The summed E-state index contributed by atoms with van der Waals surface area (Å²) in [5, 5.41) is 10.3. The minimum atomic E-state index is -0.646. The predicted octanol–water partition coefficient (Wildman–Crippen LogP) is 1.31. The summed E-state index contributed by atoms with van der Waals surface area (Å²) in [6, 6.07) is 0. The highest BCUT2D eigenvalue weighted by atomic mass is 35.5. The number of imidazole rings is 1. The van der Waals surface area contributed by atoms with E-state index in [0.29, 0.717) is 28.6 Å². The Balaban J connectivity index is 2.48. The van der Waals surface area contributed by atoms with E-state index in [1.807, 2.05) is 4.57 Å². The van der Waals surface area contributed by atoms with Crippen molar-refractivity contribution < 1.29 is 5.11 Å². The van der Waals surface area contributed by atoms with Crippen LogP contribution in [0.1, 0.15) is 26.2 Å². The number of H-pyrrole nitrogens is 1. The Kier molecular flexibility index (Phi) is 6.32. The molecular weight excluding hydrogens is 340 g/mol. The van der Waals surface area contributed by atoms with Gasteiger partial charge in [-0.25, -0.2) is 9.78 Å². The van der Waals surface area contributed by atoms with Crippen LogP contribution in [-0.2, 0) is 13.6 Å². The van der Waals surface area contributed by atoms with Crippen LogP contribution >= 0.6 is 23.4 Å². The quantitative estimate of drug-likeness (QED) is 0.420. The number of nitrogens with zero attached hydrogens (tertiary/aromatic N) is 3. The Bertz CT molecular complexity index is 783. The lowest BCUT2D eigenvalue weighted by Gasteiger charge is -2.09. The molecule has 2 heterocycles. The SMILES string of the molecule is CCCCCn1c(SCC(O)CCl)nc2c1c(=O)[nH]c(=O)n2C. The number of halogens is 1. The molecule has 2 rings (SSSR count). The average Bonchev–Trinajstić information content (AvgIpc) is 2.90. The van der Waals surface area contributed by atoms with E-state index in [1.54, 1.807) is 7.05 Å². The molecule has 0 aliphatic carbocycles. The van der Waals surface area contributed by atoms with Crippen molar-refractivity contribution in [2.45, 2.75) is 44.0 Å². The van der Waals surface area contributed by atoms with Crippen LogP contribution in [-0.4, -0.2) is 41.9 Å². The molecule has 0 amide bonds. The van der Waals surface area contributed by atoms with Crippen molar-refractivity contribution in [1.82, 2.24) is 19.1 Å². The number of thioether (sulfide) groups is 1. The molecule has 7 nitrogen and oxygen atoms in total. The maximum absolute atomic E-state index is 12.2. The predicted molar refractivity (Wildman–Crippen MR) is 92.6 cm³/mol. The Morgan fingerprint density at radius 2 is 2.13 bits per heavy atom. The fourth-order valence-electron chi connectivity index (χ4n) is 2.27. The first kappa shape index (κ1) is 18.1. The van der Waals surface area contributed by atoms with E-state index in [0.717, 1.165) is 19.3 Å². The van der Waals surface area contributed by atoms with Gasteiger partial charge in [-0.05, 0) is 6.42 Å². The summed E-state index contributed by atoms with van der Waals surface area (Å²) in [5.41, 5.74) is -0.168. The molecule has 128 valence electrons. The highest BCUT2D eigenvalue weighted by Crippen LogP contribution is 2.23. The van der Waals surface area contributed by atoms with Gasteiger partial charge >= 0.3 is 5.69 Å². The summed E-state index contributed by atoms with van der Waals surface area (Å²) in [6.07, 6.45) is 2.37. The highest BCUT2D eigenvalue weighted by Gasteiger charge is 2.18. The van der Waals surface area contributed by atoms with Crippen LogP contribution in [0.15, 0.2) is 14.7 Å². The number of hydrogen-bond acceptors (Lipinski definition) is 5. The van der Waals surface area contributed by atoms with Gasteiger partial charge in [0.2, 0.25) is 0 Å². The Hall–Kier alpha value is -1.25.